The van der Waals surface area contributed by atoms with E-state index in [1.165, 1.54) is 18.2 Å². The van der Waals surface area contributed by atoms with E-state index in [-0.39, 0.29) is 5.02 Å². The van der Waals surface area contributed by atoms with Gasteiger partial charge in [-0.25, -0.2) is 4.39 Å². The van der Waals surface area contributed by atoms with Crippen molar-refractivity contribution in [1.29, 1.82) is 0 Å². The average Bonchev–Trinajstić information content (AvgIpc) is 2.74. The Bertz CT molecular complexity index is 456. The molecule has 0 amide bonds. The first-order chi connectivity index (χ1) is 7.18. The van der Waals surface area contributed by atoms with Gasteiger partial charge in [0.2, 0.25) is 0 Å². The molecular weight excluding hydrogens is 217 g/mol. The number of halogens is 2. The SMILES string of the molecule is OC(c1ccc(F)c(Cl)c1)c1ccc[nH]1. The van der Waals surface area contributed by atoms with Crippen LogP contribution in [-0.2, 0) is 0 Å². The molecule has 0 spiro atoms. The van der Waals surface area contributed by atoms with Crippen LogP contribution in [0.25, 0.3) is 0 Å². The quantitative estimate of drug-likeness (QED) is 0.810. The van der Waals surface area contributed by atoms with Crippen LogP contribution < -0.4 is 0 Å². The summed E-state index contributed by atoms with van der Waals surface area (Å²) in [6.45, 7) is 0. The first kappa shape index (κ1) is 10.2. The van der Waals surface area contributed by atoms with Gasteiger partial charge in [-0.05, 0) is 29.8 Å². The smallest absolute Gasteiger partial charge is 0.141 e. The van der Waals surface area contributed by atoms with Crippen LogP contribution in [0.4, 0.5) is 4.39 Å². The van der Waals surface area contributed by atoms with Crippen molar-refractivity contribution < 1.29 is 9.50 Å². The van der Waals surface area contributed by atoms with E-state index in [1.54, 1.807) is 18.3 Å². The van der Waals surface area contributed by atoms with Crippen molar-refractivity contribution in [3.05, 3.63) is 58.6 Å². The molecule has 0 aliphatic rings. The van der Waals surface area contributed by atoms with Gasteiger partial charge >= 0.3 is 0 Å². The van der Waals surface area contributed by atoms with E-state index in [0.717, 1.165) is 0 Å². The molecular formula is C11H9ClFNO. The Morgan fingerprint density at radius 1 is 1.33 bits per heavy atom. The van der Waals surface area contributed by atoms with Gasteiger partial charge in [0.15, 0.2) is 0 Å². The maximum atomic E-state index is 12.9. The van der Waals surface area contributed by atoms with Crippen molar-refractivity contribution in [2.75, 3.05) is 0 Å². The third-order valence-electron chi connectivity index (χ3n) is 2.18. The molecule has 2 rings (SSSR count). The van der Waals surface area contributed by atoms with Crippen LogP contribution in [0.1, 0.15) is 17.4 Å². The van der Waals surface area contributed by atoms with E-state index in [2.05, 4.69) is 4.98 Å². The third-order valence-corrected chi connectivity index (χ3v) is 2.47. The van der Waals surface area contributed by atoms with Crippen molar-refractivity contribution in [3.8, 4) is 0 Å². The molecule has 1 aromatic carbocycles. The van der Waals surface area contributed by atoms with Crippen LogP contribution in [0, 0.1) is 5.82 Å². The maximum absolute atomic E-state index is 12.9. The fourth-order valence-corrected chi connectivity index (χ4v) is 1.57. The molecule has 1 heterocycles. The number of aromatic amines is 1. The molecule has 2 aromatic rings. The molecule has 0 bridgehead atoms. The summed E-state index contributed by atoms with van der Waals surface area (Å²) >= 11 is 5.62. The summed E-state index contributed by atoms with van der Waals surface area (Å²) in [6, 6.07) is 7.70. The highest BCUT2D eigenvalue weighted by atomic mass is 35.5. The van der Waals surface area contributed by atoms with E-state index in [1.807, 2.05) is 0 Å². The van der Waals surface area contributed by atoms with Crippen LogP contribution in [-0.4, -0.2) is 10.1 Å². The Labute approximate surface area is 91.3 Å². The van der Waals surface area contributed by atoms with Gasteiger partial charge in [0, 0.05) is 11.9 Å². The molecule has 15 heavy (non-hydrogen) atoms. The molecule has 1 atom stereocenters. The number of nitrogens with one attached hydrogen (secondary N) is 1. The van der Waals surface area contributed by atoms with E-state index < -0.39 is 11.9 Å². The second-order valence-electron chi connectivity index (χ2n) is 3.20. The number of benzene rings is 1. The summed E-state index contributed by atoms with van der Waals surface area (Å²) in [5.41, 5.74) is 1.21. The lowest BCUT2D eigenvalue weighted by Crippen LogP contribution is -2.00. The molecule has 0 fully saturated rings. The lowest BCUT2D eigenvalue weighted by molar-refractivity contribution is 0.216. The highest BCUT2D eigenvalue weighted by Crippen LogP contribution is 2.24. The molecule has 0 aliphatic heterocycles. The summed E-state index contributed by atoms with van der Waals surface area (Å²) in [5.74, 6) is -0.487. The van der Waals surface area contributed by atoms with E-state index >= 15 is 0 Å². The van der Waals surface area contributed by atoms with Gasteiger partial charge in [-0.2, -0.15) is 0 Å². The average molecular weight is 226 g/mol. The minimum absolute atomic E-state index is 0.0121. The topological polar surface area (TPSA) is 36.0 Å². The lowest BCUT2D eigenvalue weighted by Gasteiger charge is -2.09. The zero-order chi connectivity index (χ0) is 10.8. The van der Waals surface area contributed by atoms with Gasteiger partial charge in [-0.15, -0.1) is 0 Å². The minimum Gasteiger partial charge on any atom is -0.382 e. The number of rotatable bonds is 2. The Morgan fingerprint density at radius 3 is 2.73 bits per heavy atom. The number of hydrogen-bond acceptors (Lipinski definition) is 1. The predicted octanol–water partition coefficient (Wildman–Crippen LogP) is 2.89. The molecule has 0 saturated heterocycles. The largest absolute Gasteiger partial charge is 0.382 e. The number of hydrogen-bond donors (Lipinski definition) is 2. The molecule has 4 heteroatoms. The van der Waals surface area contributed by atoms with Crippen molar-refractivity contribution in [1.82, 2.24) is 4.98 Å². The van der Waals surface area contributed by atoms with Crippen molar-refractivity contribution >= 4 is 11.6 Å². The molecule has 2 nitrogen and oxygen atoms in total. The summed E-state index contributed by atoms with van der Waals surface area (Å²) in [5, 5.41) is 9.90. The van der Waals surface area contributed by atoms with Crippen LogP contribution in [0.5, 0.6) is 0 Å². The summed E-state index contributed by atoms with van der Waals surface area (Å²) < 4.78 is 12.9. The fraction of sp³-hybridized carbons (Fsp3) is 0.0909. The highest BCUT2D eigenvalue weighted by molar-refractivity contribution is 6.30. The van der Waals surface area contributed by atoms with Crippen LogP contribution in [0.2, 0.25) is 5.02 Å². The number of aliphatic hydroxyl groups excluding tert-OH is 1. The van der Waals surface area contributed by atoms with Crippen molar-refractivity contribution in [2.45, 2.75) is 6.10 Å². The van der Waals surface area contributed by atoms with Gasteiger partial charge in [0.05, 0.1) is 5.02 Å². The van der Waals surface area contributed by atoms with Crippen molar-refractivity contribution in [3.63, 3.8) is 0 Å². The van der Waals surface area contributed by atoms with E-state index in [9.17, 15) is 9.50 Å². The molecule has 1 aromatic heterocycles. The van der Waals surface area contributed by atoms with Crippen LogP contribution in [0.3, 0.4) is 0 Å². The second-order valence-corrected chi connectivity index (χ2v) is 3.61. The maximum Gasteiger partial charge on any atom is 0.141 e. The van der Waals surface area contributed by atoms with E-state index in [4.69, 9.17) is 11.6 Å². The van der Waals surface area contributed by atoms with Crippen molar-refractivity contribution in [2.24, 2.45) is 0 Å². The molecule has 78 valence electrons. The molecule has 0 saturated carbocycles. The monoisotopic (exact) mass is 225 g/mol. The standard InChI is InChI=1S/C11H9ClFNO/c12-8-6-7(3-4-9(8)13)11(15)10-2-1-5-14-10/h1-6,11,14-15H. The first-order valence-corrected chi connectivity index (χ1v) is 4.82. The molecule has 2 N–H and O–H groups in total. The van der Waals surface area contributed by atoms with Gasteiger partial charge in [-0.3, -0.25) is 0 Å². The Hall–Kier alpha value is -1.32. The van der Waals surface area contributed by atoms with Gasteiger partial charge in [0.25, 0.3) is 0 Å². The fourth-order valence-electron chi connectivity index (χ4n) is 1.38. The predicted molar refractivity (Wildman–Crippen MR) is 56.3 cm³/mol. The first-order valence-electron chi connectivity index (χ1n) is 4.45. The van der Waals surface area contributed by atoms with Gasteiger partial charge in [0.1, 0.15) is 11.9 Å². The number of H-pyrrole nitrogens is 1. The summed E-state index contributed by atoms with van der Waals surface area (Å²) in [4.78, 5) is 2.88. The number of aliphatic hydroxyl groups is 1. The molecule has 0 aliphatic carbocycles. The molecule has 0 radical (unpaired) electrons. The molecule has 1 unspecified atom stereocenters. The summed E-state index contributed by atoms with van der Waals surface area (Å²) in [6.07, 6.45) is 0.905. The van der Waals surface area contributed by atoms with E-state index in [0.29, 0.717) is 11.3 Å². The lowest BCUT2D eigenvalue weighted by atomic mass is 10.1. The Kier molecular flexibility index (Phi) is 2.75. The third kappa shape index (κ3) is 2.03. The number of aromatic nitrogens is 1. The summed E-state index contributed by atoms with van der Waals surface area (Å²) in [7, 11) is 0. The van der Waals surface area contributed by atoms with Crippen LogP contribution >= 0.6 is 11.6 Å². The van der Waals surface area contributed by atoms with Crippen LogP contribution in [0.15, 0.2) is 36.5 Å². The minimum atomic E-state index is -0.807. The Morgan fingerprint density at radius 2 is 2.13 bits per heavy atom. The Balaban J connectivity index is 2.34. The zero-order valence-electron chi connectivity index (χ0n) is 7.74. The zero-order valence-corrected chi connectivity index (χ0v) is 8.50. The van der Waals surface area contributed by atoms with Gasteiger partial charge < -0.3 is 10.1 Å². The van der Waals surface area contributed by atoms with Gasteiger partial charge in [-0.1, -0.05) is 17.7 Å². The normalized spacial score (nSPS) is 12.7. The highest BCUT2D eigenvalue weighted by Gasteiger charge is 2.12. The second kappa shape index (κ2) is 4.04.